The number of nitrogens with zero attached hydrogens (tertiary/aromatic N) is 1. The number of pyridine rings is 1. The minimum atomic E-state index is 0.937. The van der Waals surface area contributed by atoms with Crippen molar-refractivity contribution in [3.05, 3.63) is 27.1 Å². The maximum absolute atomic E-state index is 4.44. The fraction of sp³-hybridized carbons (Fsp3) is 0.375. The molecule has 0 aliphatic carbocycles. The Hall–Kier alpha value is -0.160. The predicted octanol–water partition coefficient (Wildman–Crippen LogP) is 1.33. The summed E-state index contributed by atoms with van der Waals surface area (Å²) in [6.45, 7) is 2.03. The third-order valence-corrected chi connectivity index (χ3v) is 2.50. The van der Waals surface area contributed by atoms with Crippen molar-refractivity contribution in [3.63, 3.8) is 0 Å². The lowest BCUT2D eigenvalue weighted by Crippen LogP contribution is -2.24. The predicted molar refractivity (Wildman–Crippen MR) is 52.4 cm³/mol. The summed E-state index contributed by atoms with van der Waals surface area (Å²) >= 11 is 2.25. The maximum Gasteiger partial charge on any atom is 0.101 e. The van der Waals surface area contributed by atoms with Gasteiger partial charge in [-0.2, -0.15) is 0 Å². The van der Waals surface area contributed by atoms with Crippen LogP contribution in [0.4, 0.5) is 0 Å². The molecule has 0 saturated carbocycles. The molecule has 0 fully saturated rings. The van der Waals surface area contributed by atoms with Crippen LogP contribution >= 0.6 is 22.6 Å². The van der Waals surface area contributed by atoms with Gasteiger partial charge in [0.05, 0.1) is 5.69 Å². The molecule has 0 aromatic carbocycles. The number of nitrogens with one attached hydrogen (secondary N) is 1. The Kier molecular flexibility index (Phi) is 2.09. The van der Waals surface area contributed by atoms with Crippen molar-refractivity contribution in [2.24, 2.45) is 0 Å². The summed E-state index contributed by atoms with van der Waals surface area (Å²) in [5.74, 6) is 0. The molecule has 2 nitrogen and oxygen atoms in total. The smallest absolute Gasteiger partial charge is 0.101 e. The van der Waals surface area contributed by atoms with Crippen LogP contribution in [0.1, 0.15) is 11.3 Å². The van der Waals surface area contributed by atoms with E-state index in [9.17, 15) is 0 Å². The summed E-state index contributed by atoms with van der Waals surface area (Å²) in [5, 5.41) is 3.30. The van der Waals surface area contributed by atoms with Gasteiger partial charge in [0.25, 0.3) is 0 Å². The SMILES string of the molecule is Ic1ccc2c(n1)CNCC2. The van der Waals surface area contributed by atoms with E-state index in [-0.39, 0.29) is 0 Å². The van der Waals surface area contributed by atoms with Crippen LogP contribution in [0.25, 0.3) is 0 Å². The van der Waals surface area contributed by atoms with Gasteiger partial charge in [-0.05, 0) is 47.2 Å². The van der Waals surface area contributed by atoms with Crippen LogP contribution in [0.2, 0.25) is 0 Å². The highest BCUT2D eigenvalue weighted by molar-refractivity contribution is 14.1. The normalized spacial score (nSPS) is 16.1. The summed E-state index contributed by atoms with van der Waals surface area (Å²) < 4.78 is 1.09. The van der Waals surface area contributed by atoms with E-state index < -0.39 is 0 Å². The third kappa shape index (κ3) is 1.54. The van der Waals surface area contributed by atoms with E-state index in [0.29, 0.717) is 0 Å². The zero-order valence-electron chi connectivity index (χ0n) is 6.10. The maximum atomic E-state index is 4.44. The van der Waals surface area contributed by atoms with Crippen LogP contribution in [-0.4, -0.2) is 11.5 Å². The Morgan fingerprint density at radius 3 is 3.27 bits per heavy atom. The first-order chi connectivity index (χ1) is 5.36. The van der Waals surface area contributed by atoms with Crippen molar-refractivity contribution in [2.45, 2.75) is 13.0 Å². The van der Waals surface area contributed by atoms with E-state index in [0.717, 1.165) is 23.2 Å². The van der Waals surface area contributed by atoms with Gasteiger partial charge in [0.15, 0.2) is 0 Å². The second kappa shape index (κ2) is 3.06. The van der Waals surface area contributed by atoms with Crippen molar-refractivity contribution >= 4 is 22.6 Å². The fourth-order valence-electron chi connectivity index (χ4n) is 1.31. The Bertz CT molecular complexity index is 273. The van der Waals surface area contributed by atoms with Gasteiger partial charge in [-0.15, -0.1) is 0 Å². The van der Waals surface area contributed by atoms with Gasteiger partial charge in [0.2, 0.25) is 0 Å². The van der Waals surface area contributed by atoms with E-state index in [1.807, 2.05) is 0 Å². The van der Waals surface area contributed by atoms with Gasteiger partial charge >= 0.3 is 0 Å². The van der Waals surface area contributed by atoms with Gasteiger partial charge < -0.3 is 5.32 Å². The first kappa shape index (κ1) is 7.49. The Balaban J connectivity index is 2.43. The van der Waals surface area contributed by atoms with Crippen LogP contribution in [0.5, 0.6) is 0 Å². The highest BCUT2D eigenvalue weighted by Crippen LogP contribution is 2.12. The largest absolute Gasteiger partial charge is 0.311 e. The van der Waals surface area contributed by atoms with Crippen LogP contribution in [-0.2, 0) is 13.0 Å². The van der Waals surface area contributed by atoms with Crippen LogP contribution in [0.15, 0.2) is 12.1 Å². The van der Waals surface area contributed by atoms with E-state index in [1.165, 1.54) is 11.3 Å². The summed E-state index contributed by atoms with van der Waals surface area (Å²) in [4.78, 5) is 4.44. The summed E-state index contributed by atoms with van der Waals surface area (Å²) in [7, 11) is 0. The molecule has 0 spiro atoms. The third-order valence-electron chi connectivity index (χ3n) is 1.90. The Morgan fingerprint density at radius 2 is 2.36 bits per heavy atom. The van der Waals surface area contributed by atoms with Crippen LogP contribution in [0, 0.1) is 3.70 Å². The zero-order chi connectivity index (χ0) is 7.68. The molecule has 2 heterocycles. The van der Waals surface area contributed by atoms with Crippen LogP contribution < -0.4 is 5.32 Å². The zero-order valence-corrected chi connectivity index (χ0v) is 8.26. The summed E-state index contributed by atoms with van der Waals surface area (Å²) in [6.07, 6.45) is 1.12. The molecule has 0 saturated heterocycles. The Labute approximate surface area is 79.6 Å². The van der Waals surface area contributed by atoms with Crippen molar-refractivity contribution < 1.29 is 0 Å². The minimum Gasteiger partial charge on any atom is -0.311 e. The average molecular weight is 260 g/mol. The number of hydrogen-bond donors (Lipinski definition) is 1. The summed E-state index contributed by atoms with van der Waals surface area (Å²) in [5.41, 5.74) is 2.63. The number of hydrogen-bond acceptors (Lipinski definition) is 2. The van der Waals surface area contributed by atoms with Gasteiger partial charge in [-0.25, -0.2) is 4.98 Å². The lowest BCUT2D eigenvalue weighted by atomic mass is 10.1. The quantitative estimate of drug-likeness (QED) is 0.562. The van der Waals surface area contributed by atoms with E-state index in [2.05, 4.69) is 45.0 Å². The lowest BCUT2D eigenvalue weighted by molar-refractivity contribution is 0.626. The van der Waals surface area contributed by atoms with Crippen LogP contribution in [0.3, 0.4) is 0 Å². The molecule has 1 aliphatic heterocycles. The monoisotopic (exact) mass is 260 g/mol. The molecular formula is C8H9IN2. The second-order valence-corrected chi connectivity index (χ2v) is 3.77. The van der Waals surface area contributed by atoms with E-state index in [1.54, 1.807) is 0 Å². The number of fused-ring (bicyclic) bond motifs is 1. The molecular weight excluding hydrogens is 251 g/mol. The molecule has 0 unspecified atom stereocenters. The molecule has 3 heteroatoms. The van der Waals surface area contributed by atoms with Crippen molar-refractivity contribution in [1.29, 1.82) is 0 Å². The number of aromatic nitrogens is 1. The van der Waals surface area contributed by atoms with Gasteiger partial charge in [0.1, 0.15) is 3.70 Å². The molecule has 0 amide bonds. The van der Waals surface area contributed by atoms with Gasteiger partial charge in [-0.1, -0.05) is 6.07 Å². The van der Waals surface area contributed by atoms with Gasteiger partial charge in [0, 0.05) is 6.54 Å². The van der Waals surface area contributed by atoms with E-state index >= 15 is 0 Å². The molecule has 1 aromatic heterocycles. The van der Waals surface area contributed by atoms with Crippen molar-refractivity contribution in [1.82, 2.24) is 10.3 Å². The fourth-order valence-corrected chi connectivity index (χ4v) is 1.79. The minimum absolute atomic E-state index is 0.937. The molecule has 1 aliphatic rings. The van der Waals surface area contributed by atoms with Gasteiger partial charge in [-0.3, -0.25) is 0 Å². The van der Waals surface area contributed by atoms with Crippen molar-refractivity contribution in [3.8, 4) is 0 Å². The number of halogens is 1. The lowest BCUT2D eigenvalue weighted by Gasteiger charge is -2.15. The molecule has 2 rings (SSSR count). The number of rotatable bonds is 0. The molecule has 0 atom stereocenters. The highest BCUT2D eigenvalue weighted by Gasteiger charge is 2.08. The molecule has 0 bridgehead atoms. The average Bonchev–Trinajstić information content (AvgIpc) is 2.04. The first-order valence-corrected chi connectivity index (χ1v) is 4.79. The first-order valence-electron chi connectivity index (χ1n) is 3.71. The topological polar surface area (TPSA) is 24.9 Å². The highest BCUT2D eigenvalue weighted by atomic mass is 127. The summed E-state index contributed by atoms with van der Waals surface area (Å²) in [6, 6.07) is 4.26. The van der Waals surface area contributed by atoms with E-state index in [4.69, 9.17) is 0 Å². The molecule has 11 heavy (non-hydrogen) atoms. The molecule has 1 aromatic rings. The molecule has 58 valence electrons. The standard InChI is InChI=1S/C8H9IN2/c9-8-2-1-6-3-4-10-5-7(6)11-8/h1-2,10H,3-5H2. The Morgan fingerprint density at radius 1 is 1.45 bits per heavy atom. The molecule has 0 radical (unpaired) electrons. The molecule has 1 N–H and O–H groups in total. The van der Waals surface area contributed by atoms with Crippen molar-refractivity contribution in [2.75, 3.05) is 6.54 Å². The second-order valence-electron chi connectivity index (χ2n) is 2.67.